The fourth-order valence-electron chi connectivity index (χ4n) is 2.67. The molecule has 0 bridgehead atoms. The van der Waals surface area contributed by atoms with Crippen LogP contribution in [0.25, 0.3) is 17.4 Å². The number of anilines is 1. The largest absolute Gasteiger partial charge is 0.457 e. The smallest absolute Gasteiger partial charge is 0.271 e. The van der Waals surface area contributed by atoms with E-state index >= 15 is 0 Å². The van der Waals surface area contributed by atoms with Crippen LogP contribution < -0.4 is 10.6 Å². The van der Waals surface area contributed by atoms with E-state index in [0.717, 1.165) is 16.7 Å². The van der Waals surface area contributed by atoms with Crippen molar-refractivity contribution in [3.63, 3.8) is 0 Å². The van der Waals surface area contributed by atoms with Gasteiger partial charge in [-0.3, -0.25) is 20.2 Å². The molecule has 0 spiro atoms. The second-order valence-corrected chi connectivity index (χ2v) is 7.51. The quantitative estimate of drug-likeness (QED) is 0.223. The molecule has 0 radical (unpaired) electrons. The van der Waals surface area contributed by atoms with Gasteiger partial charge in [0.05, 0.1) is 4.92 Å². The summed E-state index contributed by atoms with van der Waals surface area (Å²) in [6.45, 7) is 3.69. The average Bonchev–Trinajstić information content (AvgIpc) is 3.19. The zero-order chi connectivity index (χ0) is 22.5. The van der Waals surface area contributed by atoms with E-state index in [0.29, 0.717) is 22.2 Å². The molecule has 0 fully saturated rings. The van der Waals surface area contributed by atoms with E-state index in [1.54, 1.807) is 25.1 Å². The first-order chi connectivity index (χ1) is 14.7. The van der Waals surface area contributed by atoms with Crippen LogP contribution in [-0.4, -0.2) is 15.9 Å². The number of non-ortho nitro benzene ring substituents is 1. The van der Waals surface area contributed by atoms with Crippen molar-refractivity contribution in [2.24, 2.45) is 0 Å². The van der Waals surface area contributed by atoms with Gasteiger partial charge in [-0.15, -0.1) is 0 Å². The van der Waals surface area contributed by atoms with Crippen molar-refractivity contribution in [1.29, 1.82) is 0 Å². The number of halogens is 1. The molecule has 0 aliphatic heterocycles. The number of rotatable bonds is 5. The number of thiocarbonyl (C=S) groups is 1. The summed E-state index contributed by atoms with van der Waals surface area (Å²) in [5.74, 6) is 0.632. The number of hydrogen-bond donors (Lipinski definition) is 2. The van der Waals surface area contributed by atoms with E-state index in [1.165, 1.54) is 24.3 Å². The lowest BCUT2D eigenvalue weighted by atomic mass is 10.1. The number of amides is 1. The lowest BCUT2D eigenvalue weighted by molar-refractivity contribution is -0.384. The maximum absolute atomic E-state index is 12.1. The lowest BCUT2D eigenvalue weighted by Gasteiger charge is -2.10. The first-order valence-corrected chi connectivity index (χ1v) is 9.93. The first kappa shape index (κ1) is 22.2. The van der Waals surface area contributed by atoms with Crippen molar-refractivity contribution in [3.8, 4) is 11.3 Å². The topological polar surface area (TPSA) is 97.4 Å². The Bertz CT molecular complexity index is 1200. The van der Waals surface area contributed by atoms with Crippen LogP contribution in [0.4, 0.5) is 11.4 Å². The van der Waals surface area contributed by atoms with E-state index < -0.39 is 10.8 Å². The van der Waals surface area contributed by atoms with Gasteiger partial charge < -0.3 is 9.73 Å². The highest BCUT2D eigenvalue weighted by Crippen LogP contribution is 2.27. The zero-order valence-electron chi connectivity index (χ0n) is 16.6. The summed E-state index contributed by atoms with van der Waals surface area (Å²) >= 11 is 11.3. The summed E-state index contributed by atoms with van der Waals surface area (Å²) in [4.78, 5) is 22.6. The van der Waals surface area contributed by atoms with Crippen molar-refractivity contribution in [3.05, 3.63) is 86.6 Å². The fraction of sp³-hybridized carbons (Fsp3) is 0.0909. The molecule has 1 amide bonds. The van der Waals surface area contributed by atoms with Crippen LogP contribution in [0, 0.1) is 24.0 Å². The van der Waals surface area contributed by atoms with Gasteiger partial charge in [0.2, 0.25) is 5.91 Å². The van der Waals surface area contributed by atoms with E-state index in [9.17, 15) is 14.9 Å². The highest BCUT2D eigenvalue weighted by atomic mass is 35.5. The molecule has 31 heavy (non-hydrogen) atoms. The number of nitrogens with zero attached hydrogens (tertiary/aromatic N) is 1. The number of furan rings is 1. The van der Waals surface area contributed by atoms with Gasteiger partial charge in [-0.05, 0) is 61.5 Å². The average molecular weight is 456 g/mol. The predicted octanol–water partition coefficient (Wildman–Crippen LogP) is 5.65. The molecule has 1 aromatic heterocycles. The highest BCUT2D eigenvalue weighted by molar-refractivity contribution is 7.80. The van der Waals surface area contributed by atoms with Gasteiger partial charge in [-0.25, -0.2) is 0 Å². The number of aryl methyl sites for hydroxylation is 2. The molecule has 1 heterocycles. The van der Waals surface area contributed by atoms with Crippen LogP contribution in [0.1, 0.15) is 16.9 Å². The number of nitrogens with one attached hydrogen (secondary N) is 2. The molecule has 2 aromatic carbocycles. The van der Waals surface area contributed by atoms with Crippen molar-refractivity contribution < 1.29 is 14.1 Å². The number of carbonyl (C=O) groups is 1. The third kappa shape index (κ3) is 5.78. The van der Waals surface area contributed by atoms with Crippen LogP contribution in [0.2, 0.25) is 5.02 Å². The predicted molar refractivity (Wildman–Crippen MR) is 125 cm³/mol. The monoisotopic (exact) mass is 455 g/mol. The molecule has 3 aromatic rings. The van der Waals surface area contributed by atoms with Gasteiger partial charge in [-0.2, -0.15) is 0 Å². The van der Waals surface area contributed by atoms with E-state index in [1.807, 2.05) is 25.1 Å². The molecule has 0 aliphatic rings. The van der Waals surface area contributed by atoms with E-state index in [4.69, 9.17) is 28.2 Å². The van der Waals surface area contributed by atoms with Crippen LogP contribution in [0.5, 0.6) is 0 Å². The van der Waals surface area contributed by atoms with Crippen LogP contribution in [0.15, 0.2) is 59.0 Å². The Morgan fingerprint density at radius 1 is 1.13 bits per heavy atom. The summed E-state index contributed by atoms with van der Waals surface area (Å²) in [6, 6.07) is 13.5. The number of nitro groups is 1. The van der Waals surface area contributed by atoms with Crippen molar-refractivity contribution >= 4 is 52.3 Å². The second-order valence-electron chi connectivity index (χ2n) is 6.70. The fourth-order valence-corrected chi connectivity index (χ4v) is 3.06. The number of benzene rings is 2. The Kier molecular flexibility index (Phi) is 6.84. The Labute approximate surface area is 188 Å². The van der Waals surface area contributed by atoms with Gasteiger partial charge in [0, 0.05) is 34.5 Å². The summed E-state index contributed by atoms with van der Waals surface area (Å²) in [7, 11) is 0. The number of hydrogen-bond acceptors (Lipinski definition) is 5. The van der Waals surface area contributed by atoms with E-state index in [-0.39, 0.29) is 10.8 Å². The minimum Gasteiger partial charge on any atom is -0.457 e. The molecular weight excluding hydrogens is 438 g/mol. The van der Waals surface area contributed by atoms with Crippen LogP contribution in [0.3, 0.4) is 0 Å². The summed E-state index contributed by atoms with van der Waals surface area (Å²) in [5.41, 5.74) is 2.91. The first-order valence-electron chi connectivity index (χ1n) is 9.14. The third-order valence-corrected chi connectivity index (χ3v) is 5.01. The molecule has 0 saturated carbocycles. The Morgan fingerprint density at radius 3 is 2.58 bits per heavy atom. The van der Waals surface area contributed by atoms with Crippen molar-refractivity contribution in [2.45, 2.75) is 13.8 Å². The molecular formula is C22H18ClN3O4S. The minimum absolute atomic E-state index is 0.0210. The SMILES string of the molecule is Cc1ccc(-c2ccc(/C=C/C(=O)NC(=S)Nc3cc([N+](=O)[O-])ccc3C)o2)cc1Cl. The Balaban J connectivity index is 1.61. The van der Waals surface area contributed by atoms with Gasteiger partial charge in [0.25, 0.3) is 5.69 Å². The number of carbonyl (C=O) groups excluding carboxylic acids is 1. The summed E-state index contributed by atoms with van der Waals surface area (Å²) < 4.78 is 5.73. The minimum atomic E-state index is -0.503. The standard InChI is InChI=1S/C22H18ClN3O4S/c1-13-3-5-15(11-18(13)23)20-9-7-17(30-20)8-10-21(27)25-22(31)24-19-12-16(26(28)29)6-4-14(19)2/h3-12H,1-2H3,(H2,24,25,27,31)/b10-8+. The maximum atomic E-state index is 12.1. The summed E-state index contributed by atoms with van der Waals surface area (Å²) in [6.07, 6.45) is 2.79. The van der Waals surface area contributed by atoms with Gasteiger partial charge in [-0.1, -0.05) is 29.8 Å². The number of nitro benzene ring substituents is 1. The maximum Gasteiger partial charge on any atom is 0.271 e. The summed E-state index contributed by atoms with van der Waals surface area (Å²) in [5, 5.41) is 16.9. The molecule has 0 saturated heterocycles. The molecule has 0 aliphatic carbocycles. The molecule has 3 rings (SSSR count). The van der Waals surface area contributed by atoms with Crippen LogP contribution >= 0.6 is 23.8 Å². The molecule has 0 unspecified atom stereocenters. The molecule has 2 N–H and O–H groups in total. The molecule has 0 atom stereocenters. The molecule has 7 nitrogen and oxygen atoms in total. The van der Waals surface area contributed by atoms with Gasteiger partial charge in [0.1, 0.15) is 11.5 Å². The third-order valence-electron chi connectivity index (χ3n) is 4.40. The van der Waals surface area contributed by atoms with Gasteiger partial charge in [0.15, 0.2) is 5.11 Å². The van der Waals surface area contributed by atoms with Crippen LogP contribution in [-0.2, 0) is 4.79 Å². The molecule has 9 heteroatoms. The Morgan fingerprint density at radius 2 is 1.87 bits per heavy atom. The normalized spacial score (nSPS) is 10.8. The van der Waals surface area contributed by atoms with Crippen molar-refractivity contribution in [1.82, 2.24) is 5.32 Å². The highest BCUT2D eigenvalue weighted by Gasteiger charge is 2.11. The van der Waals surface area contributed by atoms with Crippen molar-refractivity contribution in [2.75, 3.05) is 5.32 Å². The van der Waals surface area contributed by atoms with E-state index in [2.05, 4.69) is 10.6 Å². The zero-order valence-corrected chi connectivity index (χ0v) is 18.2. The van der Waals surface area contributed by atoms with Gasteiger partial charge >= 0.3 is 0 Å². The molecule has 158 valence electrons. The lowest BCUT2D eigenvalue weighted by Crippen LogP contribution is -2.33. The Hall–Kier alpha value is -3.49. The second kappa shape index (κ2) is 9.55.